The molecule has 2 amide bonds. The highest BCUT2D eigenvalue weighted by Gasteiger charge is 2.16. The van der Waals surface area contributed by atoms with Gasteiger partial charge in [0.25, 0.3) is 5.91 Å². The maximum atomic E-state index is 12.0. The molecular weight excluding hydrogens is 320 g/mol. The first kappa shape index (κ1) is 18.4. The fourth-order valence-electron chi connectivity index (χ4n) is 1.98. The number of nitrogens with zero attached hydrogens (tertiary/aromatic N) is 3. The van der Waals surface area contributed by atoms with E-state index in [0.29, 0.717) is 16.9 Å². The predicted molar refractivity (Wildman–Crippen MR) is 98.1 cm³/mol. The van der Waals surface area contributed by atoms with Crippen LogP contribution in [-0.2, 0) is 4.74 Å². The number of ether oxygens (including phenoxy) is 1. The van der Waals surface area contributed by atoms with Gasteiger partial charge in [-0.2, -0.15) is 4.99 Å². The van der Waals surface area contributed by atoms with Gasteiger partial charge in [0.2, 0.25) is 0 Å². The number of amides is 2. The van der Waals surface area contributed by atoms with E-state index >= 15 is 0 Å². The Labute approximate surface area is 146 Å². The first-order valence-electron chi connectivity index (χ1n) is 7.80. The lowest BCUT2D eigenvalue weighted by atomic mass is 10.1. The van der Waals surface area contributed by atoms with Crippen LogP contribution in [0.5, 0.6) is 0 Å². The van der Waals surface area contributed by atoms with E-state index in [0.717, 1.165) is 5.39 Å². The van der Waals surface area contributed by atoms with E-state index in [9.17, 15) is 9.59 Å². The summed E-state index contributed by atoms with van der Waals surface area (Å²) in [6.45, 7) is 5.37. The SMILES string of the molecule is CN(C)/C=N/C(=O)c1ccc2nc(NC(=O)OC(C)(C)C)ccc2c1. The van der Waals surface area contributed by atoms with Crippen LogP contribution < -0.4 is 5.32 Å². The molecule has 132 valence electrons. The molecule has 1 heterocycles. The molecule has 0 aliphatic heterocycles. The monoisotopic (exact) mass is 342 g/mol. The van der Waals surface area contributed by atoms with Crippen molar-refractivity contribution >= 4 is 35.1 Å². The zero-order valence-corrected chi connectivity index (χ0v) is 15.0. The molecule has 7 heteroatoms. The maximum absolute atomic E-state index is 12.0. The van der Waals surface area contributed by atoms with Crippen molar-refractivity contribution in [3.63, 3.8) is 0 Å². The number of hydrogen-bond acceptors (Lipinski definition) is 4. The zero-order chi connectivity index (χ0) is 18.6. The number of carbonyl (C=O) groups is 2. The van der Waals surface area contributed by atoms with Crippen molar-refractivity contribution in [2.75, 3.05) is 19.4 Å². The lowest BCUT2D eigenvalue weighted by Gasteiger charge is -2.19. The van der Waals surface area contributed by atoms with Crippen molar-refractivity contribution in [3.05, 3.63) is 35.9 Å². The highest BCUT2D eigenvalue weighted by molar-refractivity contribution is 6.01. The lowest BCUT2D eigenvalue weighted by Crippen LogP contribution is -2.27. The highest BCUT2D eigenvalue weighted by atomic mass is 16.6. The molecule has 0 bridgehead atoms. The number of fused-ring (bicyclic) bond motifs is 1. The number of benzene rings is 1. The molecule has 0 saturated heterocycles. The second-order valence-corrected chi connectivity index (χ2v) is 6.74. The van der Waals surface area contributed by atoms with E-state index in [1.54, 1.807) is 70.1 Å². The van der Waals surface area contributed by atoms with E-state index in [-0.39, 0.29) is 5.91 Å². The number of aromatic nitrogens is 1. The Morgan fingerprint density at radius 1 is 1.20 bits per heavy atom. The Morgan fingerprint density at radius 3 is 2.56 bits per heavy atom. The van der Waals surface area contributed by atoms with Crippen molar-refractivity contribution in [3.8, 4) is 0 Å². The Bertz CT molecular complexity index is 823. The van der Waals surface area contributed by atoms with Gasteiger partial charge in [-0.25, -0.2) is 9.78 Å². The van der Waals surface area contributed by atoms with Crippen molar-refractivity contribution < 1.29 is 14.3 Å². The summed E-state index contributed by atoms with van der Waals surface area (Å²) in [5.41, 5.74) is 0.547. The number of carbonyl (C=O) groups excluding carboxylic acids is 2. The van der Waals surface area contributed by atoms with Crippen LogP contribution in [0.15, 0.2) is 35.3 Å². The van der Waals surface area contributed by atoms with Crippen LogP contribution in [0.2, 0.25) is 0 Å². The third-order valence-electron chi connectivity index (χ3n) is 2.97. The summed E-state index contributed by atoms with van der Waals surface area (Å²) in [5.74, 6) is 0.0537. The summed E-state index contributed by atoms with van der Waals surface area (Å²) in [5, 5.41) is 3.37. The van der Waals surface area contributed by atoms with Crippen molar-refractivity contribution in [2.45, 2.75) is 26.4 Å². The van der Waals surface area contributed by atoms with Crippen LogP contribution in [-0.4, -0.2) is 47.9 Å². The molecule has 0 radical (unpaired) electrons. The third kappa shape index (κ3) is 5.56. The van der Waals surface area contributed by atoms with Crippen LogP contribution >= 0.6 is 0 Å². The van der Waals surface area contributed by atoms with Crippen molar-refractivity contribution in [1.82, 2.24) is 9.88 Å². The number of hydrogen-bond donors (Lipinski definition) is 1. The average Bonchev–Trinajstić information content (AvgIpc) is 2.50. The summed E-state index contributed by atoms with van der Waals surface area (Å²) in [6.07, 6.45) is 0.891. The fraction of sp³-hybridized carbons (Fsp3) is 0.333. The van der Waals surface area contributed by atoms with Crippen molar-refractivity contribution in [2.24, 2.45) is 4.99 Å². The topological polar surface area (TPSA) is 83.9 Å². The Balaban J connectivity index is 2.18. The van der Waals surface area contributed by atoms with Crippen LogP contribution in [0, 0.1) is 0 Å². The van der Waals surface area contributed by atoms with E-state index in [1.807, 2.05) is 0 Å². The summed E-state index contributed by atoms with van der Waals surface area (Å²) >= 11 is 0. The quantitative estimate of drug-likeness (QED) is 0.683. The van der Waals surface area contributed by atoms with Gasteiger partial charge >= 0.3 is 6.09 Å². The maximum Gasteiger partial charge on any atom is 0.413 e. The summed E-state index contributed by atoms with van der Waals surface area (Å²) in [6, 6.07) is 8.52. The minimum atomic E-state index is -0.580. The van der Waals surface area contributed by atoms with Gasteiger partial charge in [-0.1, -0.05) is 0 Å². The van der Waals surface area contributed by atoms with Gasteiger partial charge in [-0.05, 0) is 51.1 Å². The Hall–Kier alpha value is -2.96. The van der Waals surface area contributed by atoms with Gasteiger partial charge in [0, 0.05) is 25.0 Å². The normalized spacial score (nSPS) is 11.6. The number of aliphatic imine (C=N–C) groups is 1. The van der Waals surface area contributed by atoms with Crippen LogP contribution in [0.3, 0.4) is 0 Å². The van der Waals surface area contributed by atoms with Gasteiger partial charge in [0.05, 0.1) is 11.9 Å². The highest BCUT2D eigenvalue weighted by Crippen LogP contribution is 2.18. The van der Waals surface area contributed by atoms with Gasteiger partial charge in [0.1, 0.15) is 11.4 Å². The minimum Gasteiger partial charge on any atom is -0.444 e. The average molecular weight is 342 g/mol. The molecule has 0 saturated carbocycles. The Morgan fingerprint density at radius 2 is 1.92 bits per heavy atom. The molecule has 0 fully saturated rings. The molecule has 1 aromatic heterocycles. The molecule has 25 heavy (non-hydrogen) atoms. The van der Waals surface area contributed by atoms with Gasteiger partial charge in [-0.3, -0.25) is 10.1 Å². The number of nitrogens with one attached hydrogen (secondary N) is 1. The molecule has 2 aromatic rings. The molecule has 0 aliphatic rings. The van der Waals surface area contributed by atoms with Crippen LogP contribution in [0.25, 0.3) is 10.9 Å². The molecule has 0 spiro atoms. The second kappa shape index (κ2) is 7.29. The predicted octanol–water partition coefficient (Wildman–Crippen LogP) is 3.31. The fourth-order valence-corrected chi connectivity index (χ4v) is 1.98. The first-order valence-corrected chi connectivity index (χ1v) is 7.80. The van der Waals surface area contributed by atoms with Gasteiger partial charge in [0.15, 0.2) is 0 Å². The molecule has 2 rings (SSSR count). The number of pyridine rings is 1. The summed E-state index contributed by atoms with van der Waals surface area (Å²) in [7, 11) is 3.58. The first-order chi connectivity index (χ1) is 11.6. The lowest BCUT2D eigenvalue weighted by molar-refractivity contribution is 0.0635. The van der Waals surface area contributed by atoms with E-state index in [1.165, 1.54) is 6.34 Å². The van der Waals surface area contributed by atoms with Crippen molar-refractivity contribution in [1.29, 1.82) is 0 Å². The second-order valence-electron chi connectivity index (χ2n) is 6.74. The molecule has 7 nitrogen and oxygen atoms in total. The summed E-state index contributed by atoms with van der Waals surface area (Å²) in [4.78, 5) is 33.7. The molecule has 0 aliphatic carbocycles. The van der Waals surface area contributed by atoms with E-state index < -0.39 is 11.7 Å². The van der Waals surface area contributed by atoms with Crippen LogP contribution in [0.4, 0.5) is 10.6 Å². The van der Waals surface area contributed by atoms with E-state index in [2.05, 4.69) is 15.3 Å². The molecule has 0 unspecified atom stereocenters. The van der Waals surface area contributed by atoms with Crippen LogP contribution in [0.1, 0.15) is 31.1 Å². The smallest absolute Gasteiger partial charge is 0.413 e. The molecule has 0 atom stereocenters. The molecular formula is C18H22N4O3. The number of rotatable bonds is 3. The third-order valence-corrected chi connectivity index (χ3v) is 2.97. The summed E-state index contributed by atoms with van der Waals surface area (Å²) < 4.78 is 5.20. The molecule has 1 aromatic carbocycles. The molecule has 1 N–H and O–H groups in total. The zero-order valence-electron chi connectivity index (χ0n) is 15.0. The minimum absolute atomic E-state index is 0.327. The Kier molecular flexibility index (Phi) is 5.36. The number of anilines is 1. The van der Waals surface area contributed by atoms with E-state index in [4.69, 9.17) is 4.74 Å². The van der Waals surface area contributed by atoms with Gasteiger partial charge in [-0.15, -0.1) is 0 Å². The largest absolute Gasteiger partial charge is 0.444 e. The standard InChI is InChI=1S/C18H22N4O3/c1-18(2,3)25-17(24)21-15-9-7-12-10-13(6-8-14(12)20-15)16(23)19-11-22(4)5/h6-11H,1-5H3,(H,20,21,24)/b19-11+. The van der Waals surface area contributed by atoms with Gasteiger partial charge < -0.3 is 9.64 Å².